The number of fused-ring (bicyclic) bond motifs is 1. The van der Waals surface area contributed by atoms with E-state index in [1.54, 1.807) is 0 Å². The highest BCUT2D eigenvalue weighted by Crippen LogP contribution is 2.26. The molecular formula is C17H23N3O. The van der Waals surface area contributed by atoms with Crippen LogP contribution in [-0.4, -0.2) is 22.4 Å². The summed E-state index contributed by atoms with van der Waals surface area (Å²) in [6.07, 6.45) is 6.12. The average Bonchev–Trinajstić information content (AvgIpc) is 3.11. The van der Waals surface area contributed by atoms with Gasteiger partial charge >= 0.3 is 0 Å². The lowest BCUT2D eigenvalue weighted by Crippen LogP contribution is -2.21. The molecule has 112 valence electrons. The molecule has 0 spiro atoms. The lowest BCUT2D eigenvalue weighted by atomic mass is 10.1. The smallest absolute Gasteiger partial charge is 0.122 e. The van der Waals surface area contributed by atoms with Gasteiger partial charge in [-0.2, -0.15) is 5.10 Å². The fraction of sp³-hybridized carbons (Fsp3) is 0.471. The molecule has 1 aliphatic heterocycles. The van der Waals surface area contributed by atoms with Crippen molar-refractivity contribution in [3.05, 3.63) is 47.3 Å². The maximum Gasteiger partial charge on any atom is 0.122 e. The van der Waals surface area contributed by atoms with Gasteiger partial charge in [0, 0.05) is 37.3 Å². The summed E-state index contributed by atoms with van der Waals surface area (Å²) in [6, 6.07) is 7.03. The summed E-state index contributed by atoms with van der Waals surface area (Å²) in [6.45, 7) is 6.93. The number of hydrogen-bond donors (Lipinski definition) is 1. The molecule has 0 fully saturated rings. The highest BCUT2D eigenvalue weighted by molar-refractivity contribution is 5.39. The van der Waals surface area contributed by atoms with Crippen LogP contribution in [-0.2, 0) is 25.9 Å². The van der Waals surface area contributed by atoms with E-state index in [-0.39, 0.29) is 0 Å². The van der Waals surface area contributed by atoms with Crippen LogP contribution in [0.15, 0.2) is 30.6 Å². The maximum absolute atomic E-state index is 5.54. The van der Waals surface area contributed by atoms with Gasteiger partial charge in [0.25, 0.3) is 0 Å². The molecule has 0 unspecified atom stereocenters. The first-order chi connectivity index (χ1) is 10.2. The molecule has 0 radical (unpaired) electrons. The third-order valence-corrected chi connectivity index (χ3v) is 3.78. The van der Waals surface area contributed by atoms with Gasteiger partial charge in [-0.3, -0.25) is 4.68 Å². The van der Waals surface area contributed by atoms with Crippen molar-refractivity contribution in [2.24, 2.45) is 0 Å². The van der Waals surface area contributed by atoms with Gasteiger partial charge in [0.05, 0.1) is 12.8 Å². The number of aromatic nitrogens is 2. The van der Waals surface area contributed by atoms with Crippen LogP contribution in [0.1, 0.15) is 30.5 Å². The summed E-state index contributed by atoms with van der Waals surface area (Å²) >= 11 is 0. The van der Waals surface area contributed by atoms with Crippen LogP contribution in [0.25, 0.3) is 0 Å². The Morgan fingerprint density at radius 2 is 2.24 bits per heavy atom. The van der Waals surface area contributed by atoms with Crippen molar-refractivity contribution in [2.75, 3.05) is 6.61 Å². The summed E-state index contributed by atoms with van der Waals surface area (Å²) in [5, 5.41) is 7.84. The molecule has 4 heteroatoms. The van der Waals surface area contributed by atoms with Gasteiger partial charge in [-0.05, 0) is 23.6 Å². The molecule has 2 heterocycles. The van der Waals surface area contributed by atoms with Gasteiger partial charge in [0.1, 0.15) is 5.75 Å². The first-order valence-corrected chi connectivity index (χ1v) is 7.70. The third kappa shape index (κ3) is 3.64. The Bertz CT molecular complexity index is 604. The second-order valence-corrected chi connectivity index (χ2v) is 5.94. The van der Waals surface area contributed by atoms with Gasteiger partial charge < -0.3 is 10.1 Å². The van der Waals surface area contributed by atoms with Gasteiger partial charge in [-0.1, -0.05) is 26.0 Å². The van der Waals surface area contributed by atoms with Crippen molar-refractivity contribution in [1.82, 2.24) is 15.1 Å². The van der Waals surface area contributed by atoms with E-state index in [1.807, 2.05) is 10.9 Å². The van der Waals surface area contributed by atoms with Gasteiger partial charge in [-0.15, -0.1) is 0 Å². The molecule has 1 aliphatic rings. The van der Waals surface area contributed by atoms with Gasteiger partial charge in [0.15, 0.2) is 0 Å². The molecule has 0 aliphatic carbocycles. The number of rotatable bonds is 6. The van der Waals surface area contributed by atoms with Crippen LogP contribution in [0.5, 0.6) is 5.75 Å². The van der Waals surface area contributed by atoms with Crippen molar-refractivity contribution in [2.45, 2.75) is 45.8 Å². The monoisotopic (exact) mass is 285 g/mol. The first kappa shape index (κ1) is 14.1. The lowest BCUT2D eigenvalue weighted by molar-refractivity contribution is 0.357. The van der Waals surface area contributed by atoms with E-state index >= 15 is 0 Å². The summed E-state index contributed by atoms with van der Waals surface area (Å²) < 4.78 is 7.57. The van der Waals surface area contributed by atoms with Crippen LogP contribution in [0.3, 0.4) is 0 Å². The fourth-order valence-electron chi connectivity index (χ4n) is 2.58. The number of ether oxygens (including phenoxy) is 1. The quantitative estimate of drug-likeness (QED) is 0.886. The Morgan fingerprint density at radius 1 is 1.33 bits per heavy atom. The lowest BCUT2D eigenvalue weighted by Gasteiger charge is -2.06. The Balaban J connectivity index is 1.55. The fourth-order valence-corrected chi connectivity index (χ4v) is 2.58. The second kappa shape index (κ2) is 6.31. The van der Waals surface area contributed by atoms with Crippen molar-refractivity contribution in [3.8, 4) is 5.75 Å². The molecule has 0 amide bonds. The van der Waals surface area contributed by atoms with E-state index in [0.717, 1.165) is 38.3 Å². The molecular weight excluding hydrogens is 262 g/mol. The minimum atomic E-state index is 0.502. The van der Waals surface area contributed by atoms with Crippen molar-refractivity contribution in [3.63, 3.8) is 0 Å². The number of benzene rings is 1. The van der Waals surface area contributed by atoms with E-state index in [4.69, 9.17) is 4.74 Å². The normalized spacial score (nSPS) is 13.5. The average molecular weight is 285 g/mol. The predicted molar refractivity (Wildman–Crippen MR) is 83.5 cm³/mol. The zero-order valence-electron chi connectivity index (χ0n) is 12.8. The largest absolute Gasteiger partial charge is 0.493 e. The van der Waals surface area contributed by atoms with Crippen LogP contribution < -0.4 is 10.1 Å². The van der Waals surface area contributed by atoms with Crippen LogP contribution in [0.4, 0.5) is 0 Å². The maximum atomic E-state index is 5.54. The molecule has 0 saturated heterocycles. The van der Waals surface area contributed by atoms with Crippen LogP contribution in [0, 0.1) is 0 Å². The highest BCUT2D eigenvalue weighted by Gasteiger charge is 2.11. The van der Waals surface area contributed by atoms with E-state index in [0.29, 0.717) is 6.04 Å². The summed E-state index contributed by atoms with van der Waals surface area (Å²) in [7, 11) is 0. The van der Waals surface area contributed by atoms with Crippen LogP contribution >= 0.6 is 0 Å². The SMILES string of the molecule is CC(C)NCc1cnn(CCc2ccc3c(c2)CCO3)c1. The van der Waals surface area contributed by atoms with Gasteiger partial charge in [0.2, 0.25) is 0 Å². The number of hydrogen-bond acceptors (Lipinski definition) is 3. The molecule has 0 atom stereocenters. The molecule has 3 rings (SSSR count). The molecule has 0 saturated carbocycles. The molecule has 1 aromatic heterocycles. The number of nitrogens with zero attached hydrogens (tertiary/aromatic N) is 2. The molecule has 1 N–H and O–H groups in total. The van der Waals surface area contributed by atoms with E-state index < -0.39 is 0 Å². The molecule has 0 bridgehead atoms. The van der Waals surface area contributed by atoms with Crippen molar-refractivity contribution in [1.29, 1.82) is 0 Å². The molecule has 21 heavy (non-hydrogen) atoms. The van der Waals surface area contributed by atoms with Crippen molar-refractivity contribution < 1.29 is 4.74 Å². The first-order valence-electron chi connectivity index (χ1n) is 7.70. The topological polar surface area (TPSA) is 39.1 Å². The second-order valence-electron chi connectivity index (χ2n) is 5.94. The van der Waals surface area contributed by atoms with Gasteiger partial charge in [-0.25, -0.2) is 0 Å². The Hall–Kier alpha value is -1.81. The summed E-state index contributed by atoms with van der Waals surface area (Å²) in [5.74, 6) is 1.06. The van der Waals surface area contributed by atoms with Crippen LogP contribution in [0.2, 0.25) is 0 Å². The standard InChI is InChI=1S/C17H23N3O/c1-13(2)18-10-15-11-19-20(12-15)7-5-14-3-4-17-16(9-14)6-8-21-17/h3-4,9,11-13,18H,5-8,10H2,1-2H3. The summed E-state index contributed by atoms with van der Waals surface area (Å²) in [5.41, 5.74) is 3.94. The molecule has 4 nitrogen and oxygen atoms in total. The molecule has 1 aromatic carbocycles. The predicted octanol–water partition coefficient (Wildman–Crippen LogP) is 2.56. The number of aryl methyl sites for hydroxylation is 2. The summed E-state index contributed by atoms with van der Waals surface area (Å²) in [4.78, 5) is 0. The zero-order valence-corrected chi connectivity index (χ0v) is 12.8. The van der Waals surface area contributed by atoms with E-state index in [2.05, 4.69) is 48.7 Å². The molecule has 2 aromatic rings. The van der Waals surface area contributed by atoms with E-state index in [9.17, 15) is 0 Å². The minimum Gasteiger partial charge on any atom is -0.493 e. The minimum absolute atomic E-state index is 0.502. The number of nitrogens with one attached hydrogen (secondary N) is 1. The zero-order chi connectivity index (χ0) is 14.7. The Kier molecular flexibility index (Phi) is 4.25. The Morgan fingerprint density at radius 3 is 3.10 bits per heavy atom. The third-order valence-electron chi connectivity index (χ3n) is 3.78. The van der Waals surface area contributed by atoms with E-state index in [1.165, 1.54) is 16.7 Å². The van der Waals surface area contributed by atoms with Crippen molar-refractivity contribution >= 4 is 0 Å². The Labute approximate surface area is 126 Å². The highest BCUT2D eigenvalue weighted by atomic mass is 16.5.